The van der Waals surface area contributed by atoms with E-state index in [4.69, 9.17) is 9.84 Å². The molecule has 1 atom stereocenters. The Bertz CT molecular complexity index is 822. The van der Waals surface area contributed by atoms with Crippen LogP contribution in [0.15, 0.2) is 65.8 Å². The SMILES string of the molecule is CC(=O)C1=NN(c2ccccc2)[C@](Cc2ccccc2)(N2CCOCC2)S1. The smallest absolute Gasteiger partial charge is 0.186 e. The minimum absolute atomic E-state index is 0.00382. The molecule has 0 radical (unpaired) electrons. The van der Waals surface area contributed by atoms with Gasteiger partial charge in [0.15, 0.2) is 15.8 Å². The maximum atomic E-state index is 12.2. The van der Waals surface area contributed by atoms with Crippen LogP contribution in [0.1, 0.15) is 12.5 Å². The number of hydrogen-bond donors (Lipinski definition) is 0. The molecule has 6 heteroatoms. The van der Waals surface area contributed by atoms with E-state index in [-0.39, 0.29) is 5.78 Å². The van der Waals surface area contributed by atoms with Crippen LogP contribution >= 0.6 is 11.8 Å². The van der Waals surface area contributed by atoms with Crippen LogP contribution in [0.2, 0.25) is 0 Å². The molecule has 0 aromatic heterocycles. The monoisotopic (exact) mass is 381 g/mol. The van der Waals surface area contributed by atoms with Crippen molar-refractivity contribution in [1.29, 1.82) is 0 Å². The molecule has 0 amide bonds. The lowest BCUT2D eigenvalue weighted by atomic mass is 10.1. The van der Waals surface area contributed by atoms with Crippen molar-refractivity contribution in [3.8, 4) is 0 Å². The molecule has 5 nitrogen and oxygen atoms in total. The molecule has 27 heavy (non-hydrogen) atoms. The Balaban J connectivity index is 1.80. The summed E-state index contributed by atoms with van der Waals surface area (Å²) in [5.74, 6) is 0.00382. The molecule has 0 N–H and O–H groups in total. The number of para-hydroxylation sites is 1. The average Bonchev–Trinajstić information content (AvgIpc) is 3.11. The molecule has 2 aliphatic heterocycles. The zero-order chi connectivity index (χ0) is 18.7. The third kappa shape index (κ3) is 3.65. The van der Waals surface area contributed by atoms with Crippen molar-refractivity contribution in [3.05, 3.63) is 66.2 Å². The number of thioether (sulfide) groups is 1. The first-order chi connectivity index (χ1) is 13.2. The van der Waals surface area contributed by atoms with Crippen molar-refractivity contribution in [2.24, 2.45) is 5.10 Å². The highest BCUT2D eigenvalue weighted by Crippen LogP contribution is 2.45. The third-order valence-electron chi connectivity index (χ3n) is 4.87. The summed E-state index contributed by atoms with van der Waals surface area (Å²) in [5.41, 5.74) is 2.21. The number of Topliss-reactive ketones (excluding diaryl/α,β-unsaturated/α-hetero) is 1. The van der Waals surface area contributed by atoms with Gasteiger partial charge >= 0.3 is 0 Å². The molecule has 0 unspecified atom stereocenters. The van der Waals surface area contributed by atoms with Gasteiger partial charge < -0.3 is 4.74 Å². The molecule has 0 bridgehead atoms. The van der Waals surface area contributed by atoms with E-state index in [1.165, 1.54) is 5.56 Å². The Hall–Kier alpha value is -2.15. The lowest BCUT2D eigenvalue weighted by Gasteiger charge is -2.46. The van der Waals surface area contributed by atoms with Gasteiger partial charge in [-0.1, -0.05) is 60.3 Å². The van der Waals surface area contributed by atoms with Crippen LogP contribution in [0, 0.1) is 0 Å². The molecule has 2 aromatic carbocycles. The van der Waals surface area contributed by atoms with Crippen LogP contribution in [0.4, 0.5) is 5.69 Å². The van der Waals surface area contributed by atoms with Crippen molar-refractivity contribution >= 4 is 28.3 Å². The van der Waals surface area contributed by atoms with Crippen molar-refractivity contribution in [2.75, 3.05) is 31.3 Å². The average molecular weight is 382 g/mol. The summed E-state index contributed by atoms with van der Waals surface area (Å²) in [6.45, 7) is 4.59. The van der Waals surface area contributed by atoms with E-state index >= 15 is 0 Å². The fourth-order valence-corrected chi connectivity index (χ4v) is 4.91. The van der Waals surface area contributed by atoms with Crippen LogP contribution < -0.4 is 5.01 Å². The van der Waals surface area contributed by atoms with Crippen LogP contribution in [0.25, 0.3) is 0 Å². The normalized spacial score (nSPS) is 23.3. The molecular weight excluding hydrogens is 358 g/mol. The number of benzene rings is 2. The molecule has 2 aromatic rings. The number of carbonyl (C=O) groups is 1. The standard InChI is InChI=1S/C21H23N3O2S/c1-17(25)20-22-24(19-10-6-3-7-11-19)21(27-20,23-12-14-26-15-13-23)16-18-8-4-2-5-9-18/h2-11H,12-16H2,1H3/t21-/m0/s1. The lowest BCUT2D eigenvalue weighted by molar-refractivity contribution is -0.110. The van der Waals surface area contributed by atoms with E-state index in [1.54, 1.807) is 18.7 Å². The predicted molar refractivity (Wildman–Crippen MR) is 110 cm³/mol. The second kappa shape index (κ2) is 7.84. The second-order valence-electron chi connectivity index (χ2n) is 6.72. The molecule has 0 saturated carbocycles. The van der Waals surface area contributed by atoms with Crippen molar-refractivity contribution in [1.82, 2.24) is 4.90 Å². The molecule has 2 heterocycles. The highest BCUT2D eigenvalue weighted by atomic mass is 32.2. The van der Waals surface area contributed by atoms with Gasteiger partial charge in [0.05, 0.1) is 18.9 Å². The van der Waals surface area contributed by atoms with Gasteiger partial charge in [0.25, 0.3) is 0 Å². The molecule has 0 aliphatic carbocycles. The predicted octanol–water partition coefficient (Wildman–Crippen LogP) is 3.37. The Kier molecular flexibility index (Phi) is 5.29. The van der Waals surface area contributed by atoms with Gasteiger partial charge in [0.2, 0.25) is 0 Å². The van der Waals surface area contributed by atoms with Crippen molar-refractivity contribution in [3.63, 3.8) is 0 Å². The highest BCUT2D eigenvalue weighted by Gasteiger charge is 2.50. The number of carbonyl (C=O) groups excluding carboxylic acids is 1. The largest absolute Gasteiger partial charge is 0.379 e. The summed E-state index contributed by atoms with van der Waals surface area (Å²) in [6, 6.07) is 20.5. The fourth-order valence-electron chi connectivity index (χ4n) is 3.55. The number of hydrazone groups is 1. The quantitative estimate of drug-likeness (QED) is 0.795. The number of hydrogen-bond acceptors (Lipinski definition) is 6. The zero-order valence-electron chi connectivity index (χ0n) is 15.4. The summed E-state index contributed by atoms with van der Waals surface area (Å²) in [6.07, 6.45) is 0.758. The summed E-state index contributed by atoms with van der Waals surface area (Å²) < 4.78 is 5.60. The number of ether oxygens (including phenoxy) is 1. The molecule has 4 rings (SSSR count). The Morgan fingerprint density at radius 3 is 2.33 bits per heavy atom. The Morgan fingerprint density at radius 1 is 1.07 bits per heavy atom. The van der Waals surface area contributed by atoms with Gasteiger partial charge in [-0.2, -0.15) is 5.10 Å². The summed E-state index contributed by atoms with van der Waals surface area (Å²) in [7, 11) is 0. The zero-order valence-corrected chi connectivity index (χ0v) is 16.2. The van der Waals surface area contributed by atoms with Crippen LogP contribution in [-0.2, 0) is 16.0 Å². The van der Waals surface area contributed by atoms with Crippen molar-refractivity contribution < 1.29 is 9.53 Å². The van der Waals surface area contributed by atoms with Gasteiger partial charge in [-0.25, -0.2) is 5.01 Å². The highest BCUT2D eigenvalue weighted by molar-refractivity contribution is 8.17. The van der Waals surface area contributed by atoms with Gasteiger partial charge in [-0.3, -0.25) is 9.69 Å². The van der Waals surface area contributed by atoms with Gasteiger partial charge in [0.1, 0.15) is 0 Å². The van der Waals surface area contributed by atoms with Crippen molar-refractivity contribution in [2.45, 2.75) is 18.3 Å². The molecule has 1 saturated heterocycles. The number of morpholine rings is 1. The van der Waals surface area contributed by atoms with E-state index in [1.807, 2.05) is 41.4 Å². The summed E-state index contributed by atoms with van der Waals surface area (Å²) in [4.78, 5) is 14.1. The first-order valence-corrected chi connectivity index (χ1v) is 10.0. The number of rotatable bonds is 5. The lowest BCUT2D eigenvalue weighted by Crippen LogP contribution is -2.59. The van der Waals surface area contributed by atoms with E-state index in [2.05, 4.69) is 29.2 Å². The van der Waals surface area contributed by atoms with E-state index in [0.29, 0.717) is 18.3 Å². The topological polar surface area (TPSA) is 45.1 Å². The molecule has 0 spiro atoms. The fraction of sp³-hybridized carbons (Fsp3) is 0.333. The molecular formula is C21H23N3O2S. The maximum absolute atomic E-state index is 12.2. The van der Waals surface area contributed by atoms with E-state index in [9.17, 15) is 4.79 Å². The minimum Gasteiger partial charge on any atom is -0.379 e. The summed E-state index contributed by atoms with van der Waals surface area (Å²) in [5, 5.41) is 7.35. The number of anilines is 1. The second-order valence-corrected chi connectivity index (χ2v) is 7.96. The number of ketones is 1. The van der Waals surface area contributed by atoms with Gasteiger partial charge in [-0.15, -0.1) is 0 Å². The van der Waals surface area contributed by atoms with Crippen LogP contribution in [0.5, 0.6) is 0 Å². The first kappa shape index (κ1) is 18.2. The van der Waals surface area contributed by atoms with Crippen LogP contribution in [0.3, 0.4) is 0 Å². The Morgan fingerprint density at radius 2 is 1.70 bits per heavy atom. The molecule has 2 aliphatic rings. The van der Waals surface area contributed by atoms with Gasteiger partial charge in [0, 0.05) is 26.4 Å². The molecule has 140 valence electrons. The number of nitrogens with zero attached hydrogens (tertiary/aromatic N) is 3. The molecule has 1 fully saturated rings. The summed E-state index contributed by atoms with van der Waals surface area (Å²) >= 11 is 1.57. The minimum atomic E-state index is -0.479. The van der Waals surface area contributed by atoms with Crippen LogP contribution in [-0.4, -0.2) is 47.0 Å². The first-order valence-electron chi connectivity index (χ1n) is 9.20. The van der Waals surface area contributed by atoms with Gasteiger partial charge in [-0.05, 0) is 17.7 Å². The van der Waals surface area contributed by atoms with E-state index in [0.717, 1.165) is 25.2 Å². The Labute approximate surface area is 164 Å². The third-order valence-corrected chi connectivity index (χ3v) is 6.33. The van der Waals surface area contributed by atoms with E-state index < -0.39 is 4.99 Å². The maximum Gasteiger partial charge on any atom is 0.186 e.